The van der Waals surface area contributed by atoms with E-state index in [9.17, 15) is 12.3 Å². The minimum Gasteiger partial charge on any atom is -0.399 e. The highest BCUT2D eigenvalue weighted by molar-refractivity contribution is 7.86. The van der Waals surface area contributed by atoms with Gasteiger partial charge in [0.05, 0.1) is 0 Å². The summed E-state index contributed by atoms with van der Waals surface area (Å²) in [6, 6.07) is 4.02. The van der Waals surface area contributed by atoms with E-state index in [4.69, 9.17) is 5.73 Å². The van der Waals surface area contributed by atoms with Crippen molar-refractivity contribution in [2.75, 3.05) is 5.73 Å². The second-order valence-corrected chi connectivity index (χ2v) is 3.97. The lowest BCUT2D eigenvalue weighted by atomic mass is 10.1. The normalized spacial score (nSPS) is 11.5. The van der Waals surface area contributed by atoms with Gasteiger partial charge in [0.1, 0.15) is 4.90 Å². The van der Waals surface area contributed by atoms with E-state index in [1.807, 2.05) is 0 Å². The van der Waals surface area contributed by atoms with E-state index in [1.54, 1.807) is 6.92 Å². The lowest BCUT2D eigenvalue weighted by Crippen LogP contribution is -1.99. The minimum atomic E-state index is -4.62. The fourth-order valence-electron chi connectivity index (χ4n) is 1.11. The first-order chi connectivity index (χ1) is 5.95. The summed E-state index contributed by atoms with van der Waals surface area (Å²) in [5, 5.41) is 0. The van der Waals surface area contributed by atoms with Crippen LogP contribution in [0.2, 0.25) is 0 Å². The molecule has 0 atom stereocenters. The van der Waals surface area contributed by atoms with Gasteiger partial charge in [0.25, 0.3) is 0 Å². The van der Waals surface area contributed by atoms with Crippen molar-refractivity contribution in [2.45, 2.75) is 18.2 Å². The van der Waals surface area contributed by atoms with Gasteiger partial charge >= 0.3 is 10.2 Å². The molecular formula is C8H10FNO2S. The zero-order chi connectivity index (χ0) is 10.1. The summed E-state index contributed by atoms with van der Waals surface area (Å²) in [6.45, 7) is 1.74. The third-order valence-corrected chi connectivity index (χ3v) is 2.65. The van der Waals surface area contributed by atoms with Gasteiger partial charge in [-0.05, 0) is 30.2 Å². The zero-order valence-corrected chi connectivity index (χ0v) is 7.94. The number of benzene rings is 1. The molecule has 0 aliphatic heterocycles. The second-order valence-electron chi connectivity index (χ2n) is 2.66. The van der Waals surface area contributed by atoms with Gasteiger partial charge in [-0.25, -0.2) is 0 Å². The number of hydrogen-bond donors (Lipinski definition) is 1. The molecule has 0 fully saturated rings. The highest BCUT2D eigenvalue weighted by Gasteiger charge is 2.15. The number of nitrogens with two attached hydrogens (primary N) is 1. The standard InChI is InChI=1S/C8H10FNO2S/c1-2-6-5-7(10)3-4-8(6)13(9,11)12/h3-5H,2,10H2,1H3. The lowest BCUT2D eigenvalue weighted by Gasteiger charge is -2.03. The molecule has 3 nitrogen and oxygen atoms in total. The molecule has 72 valence electrons. The maximum absolute atomic E-state index is 12.6. The molecule has 5 heteroatoms. The predicted molar refractivity (Wildman–Crippen MR) is 48.5 cm³/mol. The molecule has 13 heavy (non-hydrogen) atoms. The van der Waals surface area contributed by atoms with Crippen molar-refractivity contribution in [3.63, 3.8) is 0 Å². The smallest absolute Gasteiger partial charge is 0.332 e. The Morgan fingerprint density at radius 2 is 2.08 bits per heavy atom. The maximum Gasteiger partial charge on any atom is 0.332 e. The number of hydrogen-bond acceptors (Lipinski definition) is 3. The average Bonchev–Trinajstić information content (AvgIpc) is 2.01. The monoisotopic (exact) mass is 203 g/mol. The summed E-state index contributed by atoms with van der Waals surface area (Å²) in [4.78, 5) is -0.288. The molecule has 1 aromatic rings. The van der Waals surface area contributed by atoms with E-state index in [-0.39, 0.29) is 4.90 Å². The zero-order valence-electron chi connectivity index (χ0n) is 7.12. The van der Waals surface area contributed by atoms with Crippen molar-refractivity contribution >= 4 is 15.9 Å². The molecule has 0 saturated heterocycles. The minimum absolute atomic E-state index is 0.288. The van der Waals surface area contributed by atoms with Gasteiger partial charge in [0.2, 0.25) is 0 Å². The molecule has 0 unspecified atom stereocenters. The molecule has 0 amide bonds. The van der Waals surface area contributed by atoms with Crippen LogP contribution in [0.25, 0.3) is 0 Å². The van der Waals surface area contributed by atoms with E-state index >= 15 is 0 Å². The quantitative estimate of drug-likeness (QED) is 0.585. The number of anilines is 1. The number of nitrogen functional groups attached to an aromatic ring is 1. The van der Waals surface area contributed by atoms with Crippen molar-refractivity contribution in [1.82, 2.24) is 0 Å². The van der Waals surface area contributed by atoms with Crippen LogP contribution in [0.4, 0.5) is 9.57 Å². The fraction of sp³-hybridized carbons (Fsp3) is 0.250. The molecule has 0 radical (unpaired) electrons. The van der Waals surface area contributed by atoms with Gasteiger partial charge in [0, 0.05) is 5.69 Å². The topological polar surface area (TPSA) is 60.2 Å². The van der Waals surface area contributed by atoms with Crippen molar-refractivity contribution in [2.24, 2.45) is 0 Å². The van der Waals surface area contributed by atoms with Crippen LogP contribution in [0.3, 0.4) is 0 Å². The molecule has 0 spiro atoms. The number of rotatable bonds is 2. The SMILES string of the molecule is CCc1cc(N)ccc1S(=O)(=O)F. The molecule has 0 saturated carbocycles. The van der Waals surface area contributed by atoms with Gasteiger partial charge in [-0.2, -0.15) is 8.42 Å². The average molecular weight is 203 g/mol. The van der Waals surface area contributed by atoms with Gasteiger partial charge in [-0.1, -0.05) is 6.92 Å². The van der Waals surface area contributed by atoms with Gasteiger partial charge in [-0.3, -0.25) is 0 Å². The van der Waals surface area contributed by atoms with Gasteiger partial charge in [-0.15, -0.1) is 3.89 Å². The van der Waals surface area contributed by atoms with Gasteiger partial charge < -0.3 is 5.73 Å². The second kappa shape index (κ2) is 3.33. The summed E-state index contributed by atoms with van der Waals surface area (Å²) in [5.74, 6) is 0. The first-order valence-corrected chi connectivity index (χ1v) is 5.16. The van der Waals surface area contributed by atoms with Gasteiger partial charge in [0.15, 0.2) is 0 Å². The van der Waals surface area contributed by atoms with Crippen LogP contribution in [0.15, 0.2) is 23.1 Å². The summed E-state index contributed by atoms with van der Waals surface area (Å²) in [5.41, 5.74) is 6.27. The molecule has 0 heterocycles. The van der Waals surface area contributed by atoms with Crippen LogP contribution in [-0.2, 0) is 16.6 Å². The van der Waals surface area contributed by atoms with E-state index in [2.05, 4.69) is 0 Å². The van der Waals surface area contributed by atoms with E-state index < -0.39 is 10.2 Å². The number of halogens is 1. The van der Waals surface area contributed by atoms with Crippen LogP contribution in [-0.4, -0.2) is 8.42 Å². The first kappa shape index (κ1) is 9.98. The van der Waals surface area contributed by atoms with Crippen LogP contribution in [0.1, 0.15) is 12.5 Å². The fourth-order valence-corrected chi connectivity index (χ4v) is 1.86. The molecule has 0 aromatic heterocycles. The Morgan fingerprint density at radius 1 is 1.46 bits per heavy atom. The Kier molecular flexibility index (Phi) is 2.56. The summed E-state index contributed by atoms with van der Waals surface area (Å²) in [7, 11) is -4.62. The Morgan fingerprint density at radius 3 is 2.54 bits per heavy atom. The molecule has 1 rings (SSSR count). The summed E-state index contributed by atoms with van der Waals surface area (Å²) < 4.78 is 33.9. The Bertz CT molecular complexity index is 414. The highest BCUT2D eigenvalue weighted by atomic mass is 32.3. The van der Waals surface area contributed by atoms with E-state index in [1.165, 1.54) is 18.2 Å². The third-order valence-electron chi connectivity index (χ3n) is 1.73. The number of aryl methyl sites for hydroxylation is 1. The Hall–Kier alpha value is -1.10. The van der Waals surface area contributed by atoms with E-state index in [0.29, 0.717) is 17.7 Å². The summed E-state index contributed by atoms with van der Waals surface area (Å²) in [6.07, 6.45) is 0.434. The molecule has 0 aliphatic rings. The van der Waals surface area contributed by atoms with E-state index in [0.717, 1.165) is 0 Å². The van der Waals surface area contributed by atoms with Crippen molar-refractivity contribution in [3.05, 3.63) is 23.8 Å². The summed E-state index contributed by atoms with van der Waals surface area (Å²) >= 11 is 0. The van der Waals surface area contributed by atoms with Crippen molar-refractivity contribution in [3.8, 4) is 0 Å². The third kappa shape index (κ3) is 2.18. The molecular weight excluding hydrogens is 193 g/mol. The Balaban J connectivity index is 3.39. The van der Waals surface area contributed by atoms with Crippen LogP contribution in [0.5, 0.6) is 0 Å². The van der Waals surface area contributed by atoms with Crippen molar-refractivity contribution in [1.29, 1.82) is 0 Å². The Labute approximate surface area is 76.6 Å². The van der Waals surface area contributed by atoms with Crippen LogP contribution >= 0.6 is 0 Å². The lowest BCUT2D eigenvalue weighted by molar-refractivity contribution is 0.551. The molecule has 0 aliphatic carbocycles. The van der Waals surface area contributed by atoms with Crippen LogP contribution < -0.4 is 5.73 Å². The first-order valence-electron chi connectivity index (χ1n) is 3.78. The van der Waals surface area contributed by atoms with Crippen LogP contribution in [0, 0.1) is 0 Å². The maximum atomic E-state index is 12.6. The van der Waals surface area contributed by atoms with Crippen molar-refractivity contribution < 1.29 is 12.3 Å². The highest BCUT2D eigenvalue weighted by Crippen LogP contribution is 2.20. The molecule has 2 N–H and O–H groups in total. The largest absolute Gasteiger partial charge is 0.399 e. The molecule has 1 aromatic carbocycles. The molecule has 0 bridgehead atoms. The predicted octanol–water partition coefficient (Wildman–Crippen LogP) is 1.49.